The van der Waals surface area contributed by atoms with Gasteiger partial charge in [0.2, 0.25) is 0 Å². The van der Waals surface area contributed by atoms with Gasteiger partial charge in [-0.2, -0.15) is 0 Å². The first kappa shape index (κ1) is 21.8. The van der Waals surface area contributed by atoms with E-state index in [1.165, 1.54) is 12.1 Å². The second-order valence-electron chi connectivity index (χ2n) is 8.65. The first-order valence-electron chi connectivity index (χ1n) is 11.2. The SMILES string of the molecule is CCc1nc2c(C)cc(C)nc2n1-c1ccc2c(c1)C=C(C)c1ccc(F)cc1C2=CC(=O)O. The zero-order valence-corrected chi connectivity index (χ0v) is 19.5. The van der Waals surface area contributed by atoms with Gasteiger partial charge in [-0.05, 0) is 90.1 Å². The van der Waals surface area contributed by atoms with Gasteiger partial charge < -0.3 is 5.11 Å². The fourth-order valence-corrected chi connectivity index (χ4v) is 4.79. The van der Waals surface area contributed by atoms with Crippen LogP contribution in [0.15, 0.2) is 48.5 Å². The zero-order valence-electron chi connectivity index (χ0n) is 19.5. The van der Waals surface area contributed by atoms with Gasteiger partial charge >= 0.3 is 5.97 Å². The number of pyridine rings is 1. The van der Waals surface area contributed by atoms with E-state index in [1.54, 1.807) is 6.07 Å². The molecule has 170 valence electrons. The molecule has 1 N–H and O–H groups in total. The number of aryl methyl sites for hydroxylation is 3. The lowest BCUT2D eigenvalue weighted by Gasteiger charge is -2.14. The molecule has 2 heterocycles. The molecule has 0 fully saturated rings. The number of benzene rings is 2. The molecule has 0 amide bonds. The van der Waals surface area contributed by atoms with Gasteiger partial charge in [0.15, 0.2) is 5.65 Å². The van der Waals surface area contributed by atoms with E-state index < -0.39 is 11.8 Å². The number of hydrogen-bond donors (Lipinski definition) is 1. The molecule has 1 aliphatic rings. The van der Waals surface area contributed by atoms with Crippen molar-refractivity contribution in [3.8, 4) is 5.69 Å². The van der Waals surface area contributed by atoms with E-state index in [0.717, 1.165) is 68.7 Å². The highest BCUT2D eigenvalue weighted by Gasteiger charge is 2.22. The van der Waals surface area contributed by atoms with Crippen LogP contribution < -0.4 is 0 Å². The number of halogens is 1. The van der Waals surface area contributed by atoms with Crippen LogP contribution in [0.2, 0.25) is 0 Å². The summed E-state index contributed by atoms with van der Waals surface area (Å²) in [6, 6.07) is 12.4. The summed E-state index contributed by atoms with van der Waals surface area (Å²) in [5, 5.41) is 9.58. The number of nitrogens with zero attached hydrogens (tertiary/aromatic N) is 3. The van der Waals surface area contributed by atoms with Crippen LogP contribution in [0.1, 0.15) is 53.2 Å². The molecule has 2 aromatic carbocycles. The Hall–Kier alpha value is -4.06. The summed E-state index contributed by atoms with van der Waals surface area (Å²) in [7, 11) is 0. The number of fused-ring (bicyclic) bond motifs is 3. The highest BCUT2D eigenvalue weighted by molar-refractivity contribution is 6.03. The maximum atomic E-state index is 14.2. The van der Waals surface area contributed by atoms with Gasteiger partial charge in [0.25, 0.3) is 0 Å². The van der Waals surface area contributed by atoms with Gasteiger partial charge in [-0.1, -0.05) is 25.1 Å². The molecule has 4 aromatic rings. The molecule has 1 aliphatic carbocycles. The fourth-order valence-electron chi connectivity index (χ4n) is 4.79. The first-order chi connectivity index (χ1) is 16.3. The van der Waals surface area contributed by atoms with E-state index in [-0.39, 0.29) is 0 Å². The van der Waals surface area contributed by atoms with Crippen LogP contribution in [-0.2, 0) is 11.2 Å². The van der Waals surface area contributed by atoms with Gasteiger partial charge in [-0.3, -0.25) is 4.57 Å². The van der Waals surface area contributed by atoms with Crippen LogP contribution in [0, 0.1) is 19.7 Å². The largest absolute Gasteiger partial charge is 0.478 e. The van der Waals surface area contributed by atoms with Crippen LogP contribution in [0.3, 0.4) is 0 Å². The number of aliphatic carboxylic acids is 1. The predicted molar refractivity (Wildman–Crippen MR) is 132 cm³/mol. The van der Waals surface area contributed by atoms with Crippen molar-refractivity contribution in [3.63, 3.8) is 0 Å². The average molecular weight is 454 g/mol. The lowest BCUT2D eigenvalue weighted by Crippen LogP contribution is -2.03. The van der Waals surface area contributed by atoms with Crippen LogP contribution >= 0.6 is 0 Å². The normalized spacial score (nSPS) is 14.0. The minimum absolute atomic E-state index is 0.405. The van der Waals surface area contributed by atoms with E-state index in [2.05, 4.69) is 11.5 Å². The lowest BCUT2D eigenvalue weighted by atomic mass is 9.92. The number of aromatic nitrogens is 3. The van der Waals surface area contributed by atoms with E-state index in [1.807, 2.05) is 51.1 Å². The van der Waals surface area contributed by atoms with Crippen molar-refractivity contribution in [2.24, 2.45) is 0 Å². The Morgan fingerprint density at radius 2 is 1.79 bits per heavy atom. The number of allylic oxidation sites excluding steroid dienone is 1. The van der Waals surface area contributed by atoms with Crippen molar-refractivity contribution >= 4 is 34.4 Å². The Balaban J connectivity index is 1.80. The van der Waals surface area contributed by atoms with Gasteiger partial charge in [0, 0.05) is 23.9 Å². The summed E-state index contributed by atoms with van der Waals surface area (Å²) in [4.78, 5) is 21.3. The summed E-state index contributed by atoms with van der Waals surface area (Å²) >= 11 is 0. The Morgan fingerprint density at radius 3 is 2.53 bits per heavy atom. The Labute approximate surface area is 196 Å². The number of rotatable bonds is 3. The lowest BCUT2D eigenvalue weighted by molar-refractivity contribution is -0.131. The second kappa shape index (κ2) is 8.06. The standard InChI is InChI=1S/C28H24FN3O2/c1-5-25-31-27-16(3)10-17(4)30-28(27)32(25)20-7-9-22-18(12-20)11-15(2)21-8-6-19(29)13-23(21)24(22)14-26(33)34/h6-14H,5H2,1-4H3,(H,33,34). The molecule has 0 spiro atoms. The van der Waals surface area contributed by atoms with Crippen LogP contribution in [-0.4, -0.2) is 25.6 Å². The summed E-state index contributed by atoms with van der Waals surface area (Å²) in [6.45, 7) is 8.02. The third kappa shape index (κ3) is 3.52. The molecule has 2 aromatic heterocycles. The van der Waals surface area contributed by atoms with E-state index in [9.17, 15) is 14.3 Å². The summed E-state index contributed by atoms with van der Waals surface area (Å²) < 4.78 is 16.2. The van der Waals surface area contributed by atoms with Gasteiger partial charge in [-0.15, -0.1) is 0 Å². The number of carbonyl (C=O) groups is 1. The van der Waals surface area contributed by atoms with E-state index in [4.69, 9.17) is 9.97 Å². The van der Waals surface area contributed by atoms with Crippen molar-refractivity contribution in [1.29, 1.82) is 0 Å². The third-order valence-corrected chi connectivity index (χ3v) is 6.24. The van der Waals surface area contributed by atoms with Crippen LogP contribution in [0.25, 0.3) is 34.1 Å². The monoisotopic (exact) mass is 453 g/mol. The predicted octanol–water partition coefficient (Wildman–Crippen LogP) is 6.13. The third-order valence-electron chi connectivity index (χ3n) is 6.24. The first-order valence-corrected chi connectivity index (χ1v) is 11.2. The summed E-state index contributed by atoms with van der Waals surface area (Å²) in [5.74, 6) is -0.585. The van der Waals surface area contributed by atoms with Gasteiger partial charge in [-0.25, -0.2) is 19.2 Å². The Kier molecular flexibility index (Phi) is 5.16. The maximum Gasteiger partial charge on any atom is 0.328 e. The highest BCUT2D eigenvalue weighted by Crippen LogP contribution is 2.38. The minimum Gasteiger partial charge on any atom is -0.478 e. The van der Waals surface area contributed by atoms with Crippen molar-refractivity contribution in [2.75, 3.05) is 0 Å². The zero-order chi connectivity index (χ0) is 24.1. The second-order valence-corrected chi connectivity index (χ2v) is 8.65. The topological polar surface area (TPSA) is 68.0 Å². The molecule has 0 bridgehead atoms. The van der Waals surface area contributed by atoms with E-state index in [0.29, 0.717) is 11.1 Å². The van der Waals surface area contributed by atoms with Crippen molar-refractivity contribution < 1.29 is 14.3 Å². The van der Waals surface area contributed by atoms with Crippen molar-refractivity contribution in [2.45, 2.75) is 34.1 Å². The molecule has 5 rings (SSSR count). The van der Waals surface area contributed by atoms with Crippen LogP contribution in [0.5, 0.6) is 0 Å². The molecule has 0 aliphatic heterocycles. The smallest absolute Gasteiger partial charge is 0.328 e. The fraction of sp³-hybridized carbons (Fsp3) is 0.179. The Morgan fingerprint density at radius 1 is 1.03 bits per heavy atom. The van der Waals surface area contributed by atoms with Crippen molar-refractivity contribution in [3.05, 3.63) is 93.7 Å². The highest BCUT2D eigenvalue weighted by atomic mass is 19.1. The maximum absolute atomic E-state index is 14.2. The van der Waals surface area contributed by atoms with Crippen LogP contribution in [0.4, 0.5) is 4.39 Å². The molecule has 34 heavy (non-hydrogen) atoms. The molecule has 5 nitrogen and oxygen atoms in total. The van der Waals surface area contributed by atoms with E-state index >= 15 is 0 Å². The van der Waals surface area contributed by atoms with Crippen molar-refractivity contribution in [1.82, 2.24) is 14.5 Å². The molecule has 0 radical (unpaired) electrons. The number of imidazole rings is 1. The molecule has 0 atom stereocenters. The summed E-state index contributed by atoms with van der Waals surface area (Å²) in [5.41, 5.74) is 8.94. The van der Waals surface area contributed by atoms with Gasteiger partial charge in [0.05, 0.1) is 0 Å². The van der Waals surface area contributed by atoms with Gasteiger partial charge in [0.1, 0.15) is 17.2 Å². The number of carboxylic acids is 1. The molecular weight excluding hydrogens is 429 g/mol. The molecular formula is C28H24FN3O2. The molecule has 0 unspecified atom stereocenters. The quantitative estimate of drug-likeness (QED) is 0.379. The molecule has 6 heteroatoms. The molecule has 0 saturated carbocycles. The number of hydrogen-bond acceptors (Lipinski definition) is 3. The Bertz CT molecular complexity index is 1560. The summed E-state index contributed by atoms with van der Waals surface area (Å²) in [6.07, 6.45) is 3.91. The molecule has 0 saturated heterocycles. The number of carboxylic acid groups (broad SMARTS) is 1. The minimum atomic E-state index is -1.08. The average Bonchev–Trinajstić information content (AvgIpc) is 3.11.